The van der Waals surface area contributed by atoms with E-state index < -0.39 is 12.0 Å². The molecule has 0 aromatic heterocycles. The number of piperidine rings is 1. The fourth-order valence-corrected chi connectivity index (χ4v) is 3.22. The molecule has 0 radical (unpaired) electrons. The van der Waals surface area contributed by atoms with Crippen LogP contribution < -0.4 is 15.5 Å². The number of rotatable bonds is 6. The standard InChI is InChI=1S/C19H29N3O3/c1-14(2)17(18(23)25-3)21-19(24)20-16-9-11-22(12-10-16)13-15-7-5-4-6-8-15/h4-8,14,16-17H,9-13H2,1-3H3,(H2,20,21,24)/p+1/t17-/m0/s1. The SMILES string of the molecule is COC(=O)[C@@H](NC(=O)NC1CC[NH+](Cc2ccccc2)CC1)C(C)C. The van der Waals surface area contributed by atoms with Crippen LogP contribution in [0.5, 0.6) is 0 Å². The van der Waals surface area contributed by atoms with Crippen LogP contribution in [0.25, 0.3) is 0 Å². The van der Waals surface area contributed by atoms with E-state index in [1.54, 1.807) is 4.90 Å². The molecule has 3 N–H and O–H groups in total. The average Bonchev–Trinajstić information content (AvgIpc) is 2.61. The van der Waals surface area contributed by atoms with Crippen LogP contribution in [0.3, 0.4) is 0 Å². The summed E-state index contributed by atoms with van der Waals surface area (Å²) in [5.74, 6) is -0.428. The Balaban J connectivity index is 1.75. The zero-order valence-electron chi connectivity index (χ0n) is 15.4. The number of amides is 2. The van der Waals surface area contributed by atoms with E-state index in [1.807, 2.05) is 19.9 Å². The van der Waals surface area contributed by atoms with Gasteiger partial charge in [-0.3, -0.25) is 0 Å². The second kappa shape index (κ2) is 9.42. The molecule has 1 aliphatic rings. The van der Waals surface area contributed by atoms with Crippen molar-refractivity contribution in [3.63, 3.8) is 0 Å². The molecule has 0 aliphatic carbocycles. The van der Waals surface area contributed by atoms with Gasteiger partial charge in [0.15, 0.2) is 0 Å². The second-order valence-electron chi connectivity index (χ2n) is 7.05. The molecule has 1 aromatic rings. The summed E-state index contributed by atoms with van der Waals surface area (Å²) in [4.78, 5) is 25.5. The number of esters is 1. The van der Waals surface area contributed by atoms with Crippen LogP contribution in [0.1, 0.15) is 32.3 Å². The third-order valence-electron chi connectivity index (χ3n) is 4.73. The Labute approximate surface area is 149 Å². The molecule has 0 unspecified atom stereocenters. The van der Waals surface area contributed by atoms with E-state index in [0.29, 0.717) is 0 Å². The van der Waals surface area contributed by atoms with Crippen molar-refractivity contribution >= 4 is 12.0 Å². The van der Waals surface area contributed by atoms with E-state index in [9.17, 15) is 9.59 Å². The van der Waals surface area contributed by atoms with E-state index in [0.717, 1.165) is 32.5 Å². The van der Waals surface area contributed by atoms with Gasteiger partial charge in [-0.1, -0.05) is 44.2 Å². The highest BCUT2D eigenvalue weighted by atomic mass is 16.5. The first kappa shape index (κ1) is 19.2. The van der Waals surface area contributed by atoms with Gasteiger partial charge in [-0.25, -0.2) is 9.59 Å². The van der Waals surface area contributed by atoms with Gasteiger partial charge in [-0.05, 0) is 5.92 Å². The topological polar surface area (TPSA) is 71.9 Å². The first-order valence-electron chi connectivity index (χ1n) is 9.02. The summed E-state index contributed by atoms with van der Waals surface area (Å²) in [7, 11) is 1.34. The normalized spacial score (nSPS) is 21.4. The number of carbonyl (C=O) groups excluding carboxylic acids is 2. The molecule has 6 nitrogen and oxygen atoms in total. The van der Waals surface area contributed by atoms with Crippen LogP contribution in [0, 0.1) is 5.92 Å². The Morgan fingerprint density at radius 1 is 1.20 bits per heavy atom. The number of likely N-dealkylation sites (tertiary alicyclic amines) is 1. The predicted molar refractivity (Wildman–Crippen MR) is 96.2 cm³/mol. The molecule has 1 saturated heterocycles. The molecule has 2 rings (SSSR count). The van der Waals surface area contributed by atoms with Crippen molar-refractivity contribution in [3.8, 4) is 0 Å². The maximum absolute atomic E-state index is 12.2. The lowest BCUT2D eigenvalue weighted by atomic mass is 10.0. The second-order valence-corrected chi connectivity index (χ2v) is 7.05. The number of methoxy groups -OCH3 is 1. The van der Waals surface area contributed by atoms with Crippen molar-refractivity contribution in [1.82, 2.24) is 10.6 Å². The van der Waals surface area contributed by atoms with Gasteiger partial charge in [-0.2, -0.15) is 0 Å². The number of carbonyl (C=O) groups is 2. The van der Waals surface area contributed by atoms with Gasteiger partial charge in [0.05, 0.1) is 20.2 Å². The summed E-state index contributed by atoms with van der Waals surface area (Å²) in [6.45, 7) is 6.85. The third-order valence-corrected chi connectivity index (χ3v) is 4.73. The molecule has 0 saturated carbocycles. The Bertz CT molecular complexity index is 554. The van der Waals surface area contributed by atoms with Gasteiger partial charge in [0, 0.05) is 24.4 Å². The molecular formula is C19H30N3O3+. The number of quaternary nitrogens is 1. The monoisotopic (exact) mass is 348 g/mol. The molecule has 2 amide bonds. The fraction of sp³-hybridized carbons (Fsp3) is 0.579. The molecule has 1 fully saturated rings. The van der Waals surface area contributed by atoms with Crippen LogP contribution in [0.15, 0.2) is 30.3 Å². The summed E-state index contributed by atoms with van der Waals surface area (Å²) in [6, 6.07) is 9.73. The first-order chi connectivity index (χ1) is 12.0. The van der Waals surface area contributed by atoms with Gasteiger partial charge in [0.1, 0.15) is 12.6 Å². The van der Waals surface area contributed by atoms with Crippen molar-refractivity contribution in [3.05, 3.63) is 35.9 Å². The maximum Gasteiger partial charge on any atom is 0.328 e. The van der Waals surface area contributed by atoms with Crippen LogP contribution in [-0.4, -0.2) is 44.3 Å². The van der Waals surface area contributed by atoms with Gasteiger partial charge < -0.3 is 20.3 Å². The summed E-state index contributed by atoms with van der Waals surface area (Å²) in [6.07, 6.45) is 1.89. The summed E-state index contributed by atoms with van der Waals surface area (Å²) >= 11 is 0. The van der Waals surface area contributed by atoms with Crippen LogP contribution >= 0.6 is 0 Å². The predicted octanol–water partition coefficient (Wildman–Crippen LogP) is 0.731. The van der Waals surface area contributed by atoms with Gasteiger partial charge in [0.25, 0.3) is 0 Å². The van der Waals surface area contributed by atoms with E-state index in [2.05, 4.69) is 34.9 Å². The highest BCUT2D eigenvalue weighted by Crippen LogP contribution is 2.05. The number of hydrogen-bond acceptors (Lipinski definition) is 3. The van der Waals surface area contributed by atoms with Crippen molar-refractivity contribution < 1.29 is 19.2 Å². The minimum Gasteiger partial charge on any atom is -0.467 e. The Hall–Kier alpha value is -2.08. The highest BCUT2D eigenvalue weighted by Gasteiger charge is 2.27. The van der Waals surface area contributed by atoms with E-state index in [1.165, 1.54) is 12.7 Å². The lowest BCUT2D eigenvalue weighted by molar-refractivity contribution is -0.918. The lowest BCUT2D eigenvalue weighted by Gasteiger charge is -2.30. The molecule has 1 heterocycles. The van der Waals surface area contributed by atoms with Gasteiger partial charge in [-0.15, -0.1) is 0 Å². The van der Waals surface area contributed by atoms with E-state index in [-0.39, 0.29) is 18.0 Å². The molecule has 1 aliphatic heterocycles. The number of ether oxygens (including phenoxy) is 1. The molecule has 25 heavy (non-hydrogen) atoms. The average molecular weight is 348 g/mol. The molecule has 1 atom stereocenters. The van der Waals surface area contributed by atoms with Crippen molar-refractivity contribution in [2.45, 2.75) is 45.3 Å². The van der Waals surface area contributed by atoms with Crippen LogP contribution in [-0.2, 0) is 16.1 Å². The van der Waals surface area contributed by atoms with Crippen molar-refractivity contribution in [2.75, 3.05) is 20.2 Å². The molecule has 138 valence electrons. The summed E-state index contributed by atoms with van der Waals surface area (Å²) in [5.41, 5.74) is 1.35. The van der Waals surface area contributed by atoms with E-state index in [4.69, 9.17) is 4.74 Å². The summed E-state index contributed by atoms with van der Waals surface area (Å²) < 4.78 is 4.75. The highest BCUT2D eigenvalue weighted by molar-refractivity contribution is 5.83. The number of benzene rings is 1. The molecule has 0 bridgehead atoms. The number of urea groups is 1. The van der Waals surface area contributed by atoms with Crippen molar-refractivity contribution in [2.24, 2.45) is 5.92 Å². The smallest absolute Gasteiger partial charge is 0.328 e. The number of hydrogen-bond donors (Lipinski definition) is 3. The molecule has 0 spiro atoms. The van der Waals surface area contributed by atoms with Crippen LogP contribution in [0.4, 0.5) is 4.79 Å². The Morgan fingerprint density at radius 2 is 1.84 bits per heavy atom. The number of nitrogens with one attached hydrogen (secondary N) is 3. The maximum atomic E-state index is 12.2. The van der Waals surface area contributed by atoms with Crippen molar-refractivity contribution in [1.29, 1.82) is 0 Å². The summed E-state index contributed by atoms with van der Waals surface area (Å²) in [5, 5.41) is 5.73. The Morgan fingerprint density at radius 3 is 2.40 bits per heavy atom. The zero-order valence-corrected chi connectivity index (χ0v) is 15.4. The Kier molecular flexibility index (Phi) is 7.25. The van der Waals surface area contributed by atoms with Crippen LogP contribution in [0.2, 0.25) is 0 Å². The quantitative estimate of drug-likeness (QED) is 0.664. The molecule has 1 aromatic carbocycles. The lowest BCUT2D eigenvalue weighted by Crippen LogP contribution is -3.12. The van der Waals surface area contributed by atoms with Gasteiger partial charge >= 0.3 is 12.0 Å². The first-order valence-corrected chi connectivity index (χ1v) is 9.02. The molecular weight excluding hydrogens is 318 g/mol. The fourth-order valence-electron chi connectivity index (χ4n) is 3.22. The molecule has 6 heteroatoms. The zero-order chi connectivity index (χ0) is 18.2. The van der Waals surface area contributed by atoms with Gasteiger partial charge in [0.2, 0.25) is 0 Å². The minimum atomic E-state index is -0.617. The largest absolute Gasteiger partial charge is 0.467 e. The third kappa shape index (κ3) is 6.05. The van der Waals surface area contributed by atoms with E-state index >= 15 is 0 Å². The minimum absolute atomic E-state index is 0.0182.